The molecule has 0 spiro atoms. The Balaban J connectivity index is 1.34. The van der Waals surface area contributed by atoms with Crippen molar-refractivity contribution in [2.45, 2.75) is 12.8 Å². The van der Waals surface area contributed by atoms with Crippen LogP contribution >= 0.6 is 0 Å². The molecule has 29 heavy (non-hydrogen) atoms. The van der Waals surface area contributed by atoms with Gasteiger partial charge in [0.25, 0.3) is 5.91 Å². The second-order valence-electron chi connectivity index (χ2n) is 6.85. The molecule has 0 unspecified atom stereocenters. The quantitative estimate of drug-likeness (QED) is 0.714. The number of hydrogen-bond acceptors (Lipinski definition) is 4. The summed E-state index contributed by atoms with van der Waals surface area (Å²) in [6, 6.07) is 15.2. The van der Waals surface area contributed by atoms with Crippen molar-refractivity contribution in [3.63, 3.8) is 0 Å². The number of rotatable bonds is 7. The molecule has 156 valence electrons. The van der Waals surface area contributed by atoms with Gasteiger partial charge in [0.1, 0.15) is 5.75 Å². The fourth-order valence-corrected chi connectivity index (χ4v) is 3.28. The predicted octanol–water partition coefficient (Wildman–Crippen LogP) is 3.53. The van der Waals surface area contributed by atoms with Gasteiger partial charge in [-0.15, -0.1) is 13.2 Å². The van der Waals surface area contributed by atoms with E-state index >= 15 is 0 Å². The molecule has 0 atom stereocenters. The first-order chi connectivity index (χ1) is 13.9. The van der Waals surface area contributed by atoms with E-state index in [1.54, 1.807) is 0 Å². The van der Waals surface area contributed by atoms with Gasteiger partial charge in [0.15, 0.2) is 0 Å². The average Bonchev–Trinajstić information content (AvgIpc) is 2.71. The highest BCUT2D eigenvalue weighted by molar-refractivity contribution is 5.94. The third kappa shape index (κ3) is 6.67. The lowest BCUT2D eigenvalue weighted by atomic mass is 10.2. The fraction of sp³-hybridized carbons (Fsp3) is 0.381. The van der Waals surface area contributed by atoms with Crippen molar-refractivity contribution in [1.82, 2.24) is 10.2 Å². The zero-order valence-electron chi connectivity index (χ0n) is 16.0. The number of benzene rings is 2. The van der Waals surface area contributed by atoms with E-state index in [4.69, 9.17) is 0 Å². The molecule has 0 aromatic heterocycles. The standard InChI is InChI=1S/C21H24F3N3O2/c22-21(23,24)29-19-9-7-17(8-10-19)20(28)25-11-4-12-26-13-15-27(16-14-26)18-5-2-1-3-6-18/h1-3,5-10H,4,11-16H2,(H,25,28). The molecule has 1 fully saturated rings. The van der Waals surface area contributed by atoms with E-state index in [-0.39, 0.29) is 11.7 Å². The summed E-state index contributed by atoms with van der Waals surface area (Å²) in [5.74, 6) is -0.652. The van der Waals surface area contributed by atoms with E-state index in [0.717, 1.165) is 51.3 Å². The van der Waals surface area contributed by atoms with Gasteiger partial charge in [-0.25, -0.2) is 0 Å². The normalized spacial score (nSPS) is 15.2. The van der Waals surface area contributed by atoms with Crippen LogP contribution in [0.4, 0.5) is 18.9 Å². The summed E-state index contributed by atoms with van der Waals surface area (Å²) in [4.78, 5) is 16.8. The molecule has 3 rings (SSSR count). The van der Waals surface area contributed by atoms with E-state index in [1.807, 2.05) is 18.2 Å². The van der Waals surface area contributed by atoms with Crippen LogP contribution < -0.4 is 15.0 Å². The number of ether oxygens (including phenoxy) is 1. The Morgan fingerprint density at radius 2 is 1.62 bits per heavy atom. The summed E-state index contributed by atoms with van der Waals surface area (Å²) < 4.78 is 40.3. The molecule has 0 aliphatic carbocycles. The number of carbonyl (C=O) groups excluding carboxylic acids is 1. The van der Waals surface area contributed by atoms with Gasteiger partial charge in [-0.1, -0.05) is 18.2 Å². The van der Waals surface area contributed by atoms with Crippen molar-refractivity contribution >= 4 is 11.6 Å². The third-order valence-corrected chi connectivity index (χ3v) is 4.78. The number of para-hydroxylation sites is 1. The Bertz CT molecular complexity index is 774. The van der Waals surface area contributed by atoms with Crippen molar-refractivity contribution in [3.8, 4) is 5.75 Å². The Morgan fingerprint density at radius 3 is 2.24 bits per heavy atom. The Morgan fingerprint density at radius 1 is 0.966 bits per heavy atom. The number of amides is 1. The smallest absolute Gasteiger partial charge is 0.406 e. The highest BCUT2D eigenvalue weighted by Crippen LogP contribution is 2.22. The van der Waals surface area contributed by atoms with E-state index < -0.39 is 6.36 Å². The maximum absolute atomic E-state index is 12.2. The minimum absolute atomic E-state index is 0.302. The van der Waals surface area contributed by atoms with Crippen LogP contribution in [-0.4, -0.2) is 56.4 Å². The molecule has 2 aromatic rings. The van der Waals surface area contributed by atoms with Crippen LogP contribution in [0.2, 0.25) is 0 Å². The van der Waals surface area contributed by atoms with Crippen molar-refractivity contribution in [3.05, 3.63) is 60.2 Å². The molecule has 5 nitrogen and oxygen atoms in total. The predicted molar refractivity (Wildman–Crippen MR) is 105 cm³/mol. The zero-order valence-corrected chi connectivity index (χ0v) is 16.0. The first-order valence-corrected chi connectivity index (χ1v) is 9.57. The van der Waals surface area contributed by atoms with E-state index in [1.165, 1.54) is 17.8 Å². The lowest BCUT2D eigenvalue weighted by molar-refractivity contribution is -0.274. The molecule has 1 saturated heterocycles. The minimum atomic E-state index is -4.74. The van der Waals surface area contributed by atoms with Crippen LogP contribution in [0.1, 0.15) is 16.8 Å². The molecule has 8 heteroatoms. The number of anilines is 1. The molecule has 1 N–H and O–H groups in total. The maximum Gasteiger partial charge on any atom is 0.573 e. The number of carbonyl (C=O) groups is 1. The fourth-order valence-electron chi connectivity index (χ4n) is 3.28. The Kier molecular flexibility index (Phi) is 6.98. The summed E-state index contributed by atoms with van der Waals surface area (Å²) in [5.41, 5.74) is 1.54. The van der Waals surface area contributed by atoms with Gasteiger partial charge in [-0.3, -0.25) is 9.69 Å². The van der Waals surface area contributed by atoms with Gasteiger partial charge < -0.3 is 15.0 Å². The van der Waals surface area contributed by atoms with Crippen LogP contribution in [0.15, 0.2) is 54.6 Å². The molecule has 1 heterocycles. The SMILES string of the molecule is O=C(NCCCN1CCN(c2ccccc2)CC1)c1ccc(OC(F)(F)F)cc1. The van der Waals surface area contributed by atoms with E-state index in [0.29, 0.717) is 12.1 Å². The summed E-state index contributed by atoms with van der Waals surface area (Å²) in [6.45, 7) is 5.30. The molecule has 1 aliphatic heterocycles. The maximum atomic E-state index is 12.2. The Hall–Kier alpha value is -2.74. The van der Waals surface area contributed by atoms with Crippen molar-refractivity contribution in [2.24, 2.45) is 0 Å². The zero-order chi connectivity index (χ0) is 20.7. The van der Waals surface area contributed by atoms with Crippen LogP contribution in [0.5, 0.6) is 5.75 Å². The van der Waals surface area contributed by atoms with Gasteiger partial charge in [-0.05, 0) is 49.4 Å². The second kappa shape index (κ2) is 9.65. The van der Waals surface area contributed by atoms with Crippen LogP contribution in [0.25, 0.3) is 0 Å². The Labute approximate surface area is 168 Å². The average molecular weight is 407 g/mol. The van der Waals surface area contributed by atoms with Gasteiger partial charge >= 0.3 is 6.36 Å². The highest BCUT2D eigenvalue weighted by atomic mass is 19.4. The van der Waals surface area contributed by atoms with E-state index in [2.05, 4.69) is 32.0 Å². The first-order valence-electron chi connectivity index (χ1n) is 9.57. The van der Waals surface area contributed by atoms with Crippen LogP contribution in [0, 0.1) is 0 Å². The topological polar surface area (TPSA) is 44.8 Å². The summed E-state index contributed by atoms with van der Waals surface area (Å²) in [6.07, 6.45) is -3.93. The summed E-state index contributed by atoms with van der Waals surface area (Å²) in [7, 11) is 0. The number of nitrogens with one attached hydrogen (secondary N) is 1. The van der Waals surface area contributed by atoms with Gasteiger partial charge in [0.05, 0.1) is 0 Å². The monoisotopic (exact) mass is 407 g/mol. The lowest BCUT2D eigenvalue weighted by Gasteiger charge is -2.36. The minimum Gasteiger partial charge on any atom is -0.406 e. The number of alkyl halides is 3. The number of piperazine rings is 1. The number of halogens is 3. The van der Waals surface area contributed by atoms with Crippen molar-refractivity contribution in [2.75, 3.05) is 44.2 Å². The molecular formula is C21H24F3N3O2. The third-order valence-electron chi connectivity index (χ3n) is 4.78. The second-order valence-corrected chi connectivity index (χ2v) is 6.85. The molecule has 0 radical (unpaired) electrons. The molecule has 2 aromatic carbocycles. The van der Waals surface area contributed by atoms with Crippen LogP contribution in [0.3, 0.4) is 0 Å². The van der Waals surface area contributed by atoms with Crippen LogP contribution in [-0.2, 0) is 0 Å². The van der Waals surface area contributed by atoms with Gasteiger partial charge in [-0.2, -0.15) is 0 Å². The van der Waals surface area contributed by atoms with Gasteiger partial charge in [0, 0.05) is 44.0 Å². The highest BCUT2D eigenvalue weighted by Gasteiger charge is 2.31. The van der Waals surface area contributed by atoms with E-state index in [9.17, 15) is 18.0 Å². The number of hydrogen-bond donors (Lipinski definition) is 1. The molecule has 0 saturated carbocycles. The molecular weight excluding hydrogens is 383 g/mol. The molecule has 1 amide bonds. The molecule has 1 aliphatic rings. The first kappa shape index (κ1) is 21.0. The van der Waals surface area contributed by atoms with Crippen molar-refractivity contribution in [1.29, 1.82) is 0 Å². The summed E-state index contributed by atoms with van der Waals surface area (Å²) >= 11 is 0. The van der Waals surface area contributed by atoms with Gasteiger partial charge in [0.2, 0.25) is 0 Å². The lowest BCUT2D eigenvalue weighted by Crippen LogP contribution is -2.47. The van der Waals surface area contributed by atoms with Crippen molar-refractivity contribution < 1.29 is 22.7 Å². The largest absolute Gasteiger partial charge is 0.573 e. The number of nitrogens with zero attached hydrogens (tertiary/aromatic N) is 2. The summed E-state index contributed by atoms with van der Waals surface area (Å²) in [5, 5.41) is 2.80. The molecule has 0 bridgehead atoms.